The minimum Gasteiger partial charge on any atom is -0.476 e. The summed E-state index contributed by atoms with van der Waals surface area (Å²) < 4.78 is 7.69. The number of nitrogens with one attached hydrogen (secondary N) is 1. The van der Waals surface area contributed by atoms with Crippen molar-refractivity contribution in [1.82, 2.24) is 29.5 Å². The lowest BCUT2D eigenvalue weighted by molar-refractivity contribution is 0.0652. The molecule has 9 nitrogen and oxygen atoms in total. The van der Waals surface area contributed by atoms with Crippen LogP contribution in [-0.4, -0.2) is 55.1 Å². The van der Waals surface area contributed by atoms with Gasteiger partial charge in [0.05, 0.1) is 24.3 Å². The summed E-state index contributed by atoms with van der Waals surface area (Å²) in [4.78, 5) is 36.4. The number of amides is 1. The Hall–Kier alpha value is -3.23. The van der Waals surface area contributed by atoms with E-state index in [4.69, 9.17) is 4.74 Å². The molecular weight excluding hydrogens is 360 g/mol. The normalized spacial score (nSPS) is 15.1. The number of likely N-dealkylation sites (tertiary alicyclic amines) is 1. The number of imidazole rings is 1. The number of hydrogen-bond acceptors (Lipinski definition) is 6. The molecule has 0 bridgehead atoms. The van der Waals surface area contributed by atoms with Crippen molar-refractivity contribution in [2.45, 2.75) is 26.7 Å². The van der Waals surface area contributed by atoms with Crippen LogP contribution in [0.2, 0.25) is 0 Å². The molecule has 0 radical (unpaired) electrons. The SMILES string of the molecule is Cc1nc2ccc(OCC3CCN(C(=O)c4cc(=O)[nH]cn4)CC3)nn2c1C. The largest absolute Gasteiger partial charge is 0.476 e. The van der Waals surface area contributed by atoms with E-state index in [-0.39, 0.29) is 17.2 Å². The van der Waals surface area contributed by atoms with Gasteiger partial charge in [-0.2, -0.15) is 0 Å². The van der Waals surface area contributed by atoms with Gasteiger partial charge in [0.25, 0.3) is 11.5 Å². The van der Waals surface area contributed by atoms with Crippen molar-refractivity contribution in [3.8, 4) is 5.88 Å². The van der Waals surface area contributed by atoms with Gasteiger partial charge in [0.2, 0.25) is 5.88 Å². The maximum Gasteiger partial charge on any atom is 0.272 e. The summed E-state index contributed by atoms with van der Waals surface area (Å²) in [6.07, 6.45) is 2.92. The molecule has 146 valence electrons. The number of aromatic nitrogens is 5. The fourth-order valence-corrected chi connectivity index (χ4v) is 3.37. The Bertz CT molecular complexity index is 1060. The van der Waals surface area contributed by atoms with E-state index in [1.807, 2.05) is 26.0 Å². The van der Waals surface area contributed by atoms with E-state index in [2.05, 4.69) is 20.1 Å². The molecular formula is C19H22N6O3. The zero-order chi connectivity index (χ0) is 19.7. The molecule has 1 saturated heterocycles. The van der Waals surface area contributed by atoms with Gasteiger partial charge >= 0.3 is 0 Å². The van der Waals surface area contributed by atoms with Crippen LogP contribution >= 0.6 is 0 Å². The number of hydrogen-bond donors (Lipinski definition) is 1. The highest BCUT2D eigenvalue weighted by Gasteiger charge is 2.25. The lowest BCUT2D eigenvalue weighted by atomic mass is 9.97. The van der Waals surface area contributed by atoms with Crippen molar-refractivity contribution >= 4 is 11.6 Å². The predicted molar refractivity (Wildman–Crippen MR) is 101 cm³/mol. The number of aryl methyl sites for hydroxylation is 2. The van der Waals surface area contributed by atoms with Gasteiger partial charge in [-0.3, -0.25) is 9.59 Å². The molecule has 0 unspecified atom stereocenters. The van der Waals surface area contributed by atoms with Gasteiger partial charge < -0.3 is 14.6 Å². The van der Waals surface area contributed by atoms with Gasteiger partial charge in [-0.1, -0.05) is 0 Å². The van der Waals surface area contributed by atoms with E-state index in [0.29, 0.717) is 31.5 Å². The summed E-state index contributed by atoms with van der Waals surface area (Å²) in [5, 5.41) is 4.50. The smallest absolute Gasteiger partial charge is 0.272 e. The Balaban J connectivity index is 1.33. The number of H-pyrrole nitrogens is 1. The molecule has 1 aliphatic rings. The van der Waals surface area contributed by atoms with Crippen LogP contribution in [0.4, 0.5) is 0 Å². The first-order chi connectivity index (χ1) is 13.5. The minimum atomic E-state index is -0.325. The number of carbonyl (C=O) groups excluding carboxylic acids is 1. The molecule has 3 aromatic rings. The third-order valence-corrected chi connectivity index (χ3v) is 5.18. The standard InChI is InChI=1S/C19H22N6O3/c1-12-13(2)25-16(22-12)3-4-18(23-25)28-10-14-5-7-24(8-6-14)19(27)15-9-17(26)21-11-20-15/h3-4,9,11,14H,5-8,10H2,1-2H3,(H,20,21,26). The second-order valence-electron chi connectivity index (χ2n) is 7.07. The van der Waals surface area contributed by atoms with Gasteiger partial charge in [-0.15, -0.1) is 5.10 Å². The number of piperidine rings is 1. The summed E-state index contributed by atoms with van der Waals surface area (Å²) in [5.41, 5.74) is 2.62. The van der Waals surface area contributed by atoms with E-state index in [1.165, 1.54) is 12.4 Å². The van der Waals surface area contributed by atoms with Gasteiger partial charge in [0, 0.05) is 25.2 Å². The monoisotopic (exact) mass is 382 g/mol. The molecule has 0 aromatic carbocycles. The number of rotatable bonds is 4. The third-order valence-electron chi connectivity index (χ3n) is 5.18. The molecule has 1 amide bonds. The Kier molecular flexibility index (Phi) is 4.81. The molecule has 1 aliphatic heterocycles. The molecule has 0 aliphatic carbocycles. The predicted octanol–water partition coefficient (Wildman–Crippen LogP) is 1.36. The number of nitrogens with zero attached hydrogens (tertiary/aromatic N) is 5. The average molecular weight is 382 g/mol. The van der Waals surface area contributed by atoms with Crippen LogP contribution in [0.3, 0.4) is 0 Å². The highest BCUT2D eigenvalue weighted by molar-refractivity contribution is 5.92. The van der Waals surface area contributed by atoms with Crippen LogP contribution in [0.5, 0.6) is 5.88 Å². The Morgan fingerprint density at radius 1 is 1.29 bits per heavy atom. The summed E-state index contributed by atoms with van der Waals surface area (Å²) in [6, 6.07) is 4.97. The van der Waals surface area contributed by atoms with Crippen molar-refractivity contribution < 1.29 is 9.53 Å². The molecule has 1 N–H and O–H groups in total. The first-order valence-corrected chi connectivity index (χ1v) is 9.31. The van der Waals surface area contributed by atoms with Crippen molar-refractivity contribution in [2.75, 3.05) is 19.7 Å². The summed E-state index contributed by atoms with van der Waals surface area (Å²) in [7, 11) is 0. The van der Waals surface area contributed by atoms with E-state index < -0.39 is 0 Å². The summed E-state index contributed by atoms with van der Waals surface area (Å²) >= 11 is 0. The third kappa shape index (κ3) is 3.60. The van der Waals surface area contributed by atoms with E-state index in [1.54, 1.807) is 9.42 Å². The topological polar surface area (TPSA) is 105 Å². The van der Waals surface area contributed by atoms with Crippen molar-refractivity contribution in [1.29, 1.82) is 0 Å². The van der Waals surface area contributed by atoms with Crippen molar-refractivity contribution in [3.05, 3.63) is 52.0 Å². The molecule has 1 fully saturated rings. The average Bonchev–Trinajstić information content (AvgIpc) is 3.00. The Morgan fingerprint density at radius 2 is 2.07 bits per heavy atom. The van der Waals surface area contributed by atoms with Crippen LogP contribution < -0.4 is 10.3 Å². The van der Waals surface area contributed by atoms with Gasteiger partial charge in [0.1, 0.15) is 5.69 Å². The molecule has 0 saturated carbocycles. The quantitative estimate of drug-likeness (QED) is 0.730. The summed E-state index contributed by atoms with van der Waals surface area (Å²) in [5.74, 6) is 0.710. The van der Waals surface area contributed by atoms with E-state index in [0.717, 1.165) is 29.9 Å². The lowest BCUT2D eigenvalue weighted by Gasteiger charge is -2.31. The van der Waals surface area contributed by atoms with Crippen molar-refractivity contribution in [2.24, 2.45) is 5.92 Å². The van der Waals surface area contributed by atoms with Gasteiger partial charge in [-0.05, 0) is 38.7 Å². The molecule has 9 heteroatoms. The first kappa shape index (κ1) is 18.1. The Labute approximate surface area is 161 Å². The molecule has 0 spiro atoms. The second-order valence-corrected chi connectivity index (χ2v) is 7.07. The zero-order valence-electron chi connectivity index (χ0n) is 15.9. The summed E-state index contributed by atoms with van der Waals surface area (Å²) in [6.45, 7) is 5.73. The fourth-order valence-electron chi connectivity index (χ4n) is 3.37. The van der Waals surface area contributed by atoms with Crippen LogP contribution in [0.25, 0.3) is 5.65 Å². The Morgan fingerprint density at radius 3 is 2.82 bits per heavy atom. The van der Waals surface area contributed by atoms with E-state index in [9.17, 15) is 9.59 Å². The number of ether oxygens (including phenoxy) is 1. The molecule has 0 atom stereocenters. The maximum atomic E-state index is 12.5. The number of carbonyl (C=O) groups is 1. The lowest BCUT2D eigenvalue weighted by Crippen LogP contribution is -2.40. The highest BCUT2D eigenvalue weighted by Crippen LogP contribution is 2.20. The van der Waals surface area contributed by atoms with Gasteiger partial charge in [-0.25, -0.2) is 14.5 Å². The number of fused-ring (bicyclic) bond motifs is 1. The van der Waals surface area contributed by atoms with Gasteiger partial charge in [0.15, 0.2) is 5.65 Å². The zero-order valence-corrected chi connectivity index (χ0v) is 15.9. The van der Waals surface area contributed by atoms with Crippen LogP contribution in [0.15, 0.2) is 29.3 Å². The second kappa shape index (κ2) is 7.41. The van der Waals surface area contributed by atoms with Crippen molar-refractivity contribution in [3.63, 3.8) is 0 Å². The minimum absolute atomic E-state index is 0.182. The first-order valence-electron chi connectivity index (χ1n) is 9.31. The van der Waals surface area contributed by atoms with E-state index >= 15 is 0 Å². The maximum absolute atomic E-state index is 12.5. The number of aromatic amines is 1. The van der Waals surface area contributed by atoms with Crippen LogP contribution in [0.1, 0.15) is 34.7 Å². The molecule has 4 heterocycles. The fraction of sp³-hybridized carbons (Fsp3) is 0.421. The highest BCUT2D eigenvalue weighted by atomic mass is 16.5. The molecule has 28 heavy (non-hydrogen) atoms. The van der Waals surface area contributed by atoms with Crippen LogP contribution in [0, 0.1) is 19.8 Å². The molecule has 3 aromatic heterocycles. The van der Waals surface area contributed by atoms with Crippen LogP contribution in [-0.2, 0) is 0 Å². The molecule has 4 rings (SSSR count).